The second-order valence-electron chi connectivity index (χ2n) is 7.52. The van der Waals surface area contributed by atoms with E-state index in [1.807, 2.05) is 53.4 Å². The van der Waals surface area contributed by atoms with Crippen molar-refractivity contribution in [3.63, 3.8) is 0 Å². The Labute approximate surface area is 181 Å². The summed E-state index contributed by atoms with van der Waals surface area (Å²) in [6.07, 6.45) is 2.73. The van der Waals surface area contributed by atoms with Crippen LogP contribution in [0, 0.1) is 6.92 Å². The Morgan fingerprint density at radius 1 is 0.839 bits per heavy atom. The summed E-state index contributed by atoms with van der Waals surface area (Å²) in [7, 11) is 0. The van der Waals surface area contributed by atoms with Crippen LogP contribution in [0.15, 0.2) is 91.3 Å². The molecule has 0 spiro atoms. The molecule has 5 aromatic rings. The van der Waals surface area contributed by atoms with E-state index in [4.69, 9.17) is 9.97 Å². The molecule has 0 saturated carbocycles. The molecule has 0 unspecified atom stereocenters. The maximum atomic E-state index is 4.83. The minimum absolute atomic E-state index is 0.615. The van der Waals surface area contributed by atoms with Gasteiger partial charge < -0.3 is 5.32 Å². The summed E-state index contributed by atoms with van der Waals surface area (Å²) in [6.45, 7) is 2.86. The first kappa shape index (κ1) is 19.0. The molecule has 0 atom stereocenters. The number of benzene rings is 3. The van der Waals surface area contributed by atoms with Gasteiger partial charge in [-0.2, -0.15) is 4.98 Å². The lowest BCUT2D eigenvalue weighted by molar-refractivity contribution is 0.955. The van der Waals surface area contributed by atoms with Crippen LogP contribution in [0.3, 0.4) is 0 Å². The fourth-order valence-electron chi connectivity index (χ4n) is 3.74. The van der Waals surface area contributed by atoms with Gasteiger partial charge in [-0.25, -0.2) is 9.97 Å². The van der Waals surface area contributed by atoms with Gasteiger partial charge in [0.25, 0.3) is 0 Å². The molecular weight excluding hydrogens is 382 g/mol. The highest BCUT2D eigenvalue weighted by Gasteiger charge is 2.12. The zero-order chi connectivity index (χ0) is 21.0. The number of fused-ring (bicyclic) bond motifs is 1. The molecule has 1 N–H and O–H groups in total. The van der Waals surface area contributed by atoms with Gasteiger partial charge in [0.15, 0.2) is 0 Å². The van der Waals surface area contributed by atoms with E-state index in [0.717, 1.165) is 41.1 Å². The molecule has 0 aliphatic carbocycles. The van der Waals surface area contributed by atoms with Crippen LogP contribution in [0.4, 0.5) is 5.95 Å². The smallest absolute Gasteiger partial charge is 0.225 e. The van der Waals surface area contributed by atoms with E-state index in [-0.39, 0.29) is 0 Å². The van der Waals surface area contributed by atoms with Gasteiger partial charge in [0.2, 0.25) is 5.95 Å². The third-order valence-corrected chi connectivity index (χ3v) is 5.37. The van der Waals surface area contributed by atoms with E-state index in [9.17, 15) is 0 Å². The minimum atomic E-state index is 0.615. The van der Waals surface area contributed by atoms with Gasteiger partial charge in [0.1, 0.15) is 12.1 Å². The van der Waals surface area contributed by atoms with Crippen molar-refractivity contribution in [1.82, 2.24) is 19.5 Å². The molecule has 0 saturated heterocycles. The summed E-state index contributed by atoms with van der Waals surface area (Å²) < 4.78 is 2.02. The van der Waals surface area contributed by atoms with Crippen LogP contribution in [0.25, 0.3) is 28.1 Å². The van der Waals surface area contributed by atoms with Crippen molar-refractivity contribution in [2.75, 3.05) is 11.9 Å². The number of nitrogens with one attached hydrogen (secondary N) is 1. The molecule has 2 heterocycles. The van der Waals surface area contributed by atoms with Crippen LogP contribution in [-0.4, -0.2) is 26.1 Å². The van der Waals surface area contributed by atoms with Crippen LogP contribution < -0.4 is 5.32 Å². The van der Waals surface area contributed by atoms with Crippen LogP contribution in [0.1, 0.15) is 11.1 Å². The first-order valence-electron chi connectivity index (χ1n) is 10.4. The maximum Gasteiger partial charge on any atom is 0.225 e. The molecule has 0 radical (unpaired) electrons. The predicted octanol–water partition coefficient (Wildman–Crippen LogP) is 5.45. The van der Waals surface area contributed by atoms with Gasteiger partial charge >= 0.3 is 0 Å². The molecule has 152 valence electrons. The summed E-state index contributed by atoms with van der Waals surface area (Å²) >= 11 is 0. The predicted molar refractivity (Wildman–Crippen MR) is 125 cm³/mol. The maximum absolute atomic E-state index is 4.83. The number of rotatable bonds is 6. The molecule has 0 aliphatic heterocycles. The van der Waals surface area contributed by atoms with E-state index >= 15 is 0 Å². The number of anilines is 1. The van der Waals surface area contributed by atoms with Gasteiger partial charge in [-0.05, 0) is 36.6 Å². The Hall–Kier alpha value is -3.99. The molecule has 0 fully saturated rings. The molecule has 2 aromatic heterocycles. The Bertz CT molecular complexity index is 1320. The van der Waals surface area contributed by atoms with Gasteiger partial charge in [-0.15, -0.1) is 0 Å². The fraction of sp³-hybridized carbons (Fsp3) is 0.115. The van der Waals surface area contributed by atoms with Crippen molar-refractivity contribution in [2.45, 2.75) is 13.3 Å². The lowest BCUT2D eigenvalue weighted by Crippen LogP contribution is -2.10. The Kier molecular flexibility index (Phi) is 5.15. The number of nitrogens with zero attached hydrogens (tertiary/aromatic N) is 4. The first-order valence-corrected chi connectivity index (χ1v) is 10.4. The second-order valence-corrected chi connectivity index (χ2v) is 7.52. The molecule has 0 bridgehead atoms. The number of hydrogen-bond donors (Lipinski definition) is 1. The van der Waals surface area contributed by atoms with E-state index in [1.165, 1.54) is 11.1 Å². The zero-order valence-corrected chi connectivity index (χ0v) is 17.4. The van der Waals surface area contributed by atoms with Gasteiger partial charge in [-0.1, -0.05) is 66.7 Å². The normalized spacial score (nSPS) is 11.0. The highest BCUT2D eigenvalue weighted by atomic mass is 15.2. The van der Waals surface area contributed by atoms with Crippen molar-refractivity contribution in [3.8, 4) is 17.1 Å². The standard InChI is InChI=1S/C26H23N5/c1-19-9-5-6-12-21(19)23-17-25(31-18-28-22-13-7-8-14-24(22)31)30-26(29-23)27-16-15-20-10-3-2-4-11-20/h2-14,17-18H,15-16H2,1H3,(H,27,29,30). The third-order valence-electron chi connectivity index (χ3n) is 5.37. The molecule has 0 amide bonds. The van der Waals surface area contributed by atoms with Crippen molar-refractivity contribution in [3.05, 3.63) is 102 Å². The molecule has 5 rings (SSSR count). The lowest BCUT2D eigenvalue weighted by atomic mass is 10.1. The molecule has 31 heavy (non-hydrogen) atoms. The van der Waals surface area contributed by atoms with Gasteiger partial charge in [0, 0.05) is 18.2 Å². The summed E-state index contributed by atoms with van der Waals surface area (Å²) in [6, 6.07) is 28.8. The van der Waals surface area contributed by atoms with Crippen LogP contribution >= 0.6 is 0 Å². The third kappa shape index (κ3) is 4.03. The Balaban J connectivity index is 1.53. The largest absolute Gasteiger partial charge is 0.354 e. The number of para-hydroxylation sites is 2. The highest BCUT2D eigenvalue weighted by Crippen LogP contribution is 2.25. The monoisotopic (exact) mass is 405 g/mol. The van der Waals surface area contributed by atoms with Crippen molar-refractivity contribution < 1.29 is 0 Å². The molecule has 5 heteroatoms. The van der Waals surface area contributed by atoms with Crippen LogP contribution in [0.2, 0.25) is 0 Å². The van der Waals surface area contributed by atoms with E-state index in [0.29, 0.717) is 5.95 Å². The fourth-order valence-corrected chi connectivity index (χ4v) is 3.74. The van der Waals surface area contributed by atoms with Crippen molar-refractivity contribution in [2.24, 2.45) is 0 Å². The summed E-state index contributed by atoms with van der Waals surface area (Å²) in [5, 5.41) is 3.42. The topological polar surface area (TPSA) is 55.6 Å². The quantitative estimate of drug-likeness (QED) is 0.408. The highest BCUT2D eigenvalue weighted by molar-refractivity contribution is 5.77. The van der Waals surface area contributed by atoms with Gasteiger partial charge in [0.05, 0.1) is 16.7 Å². The number of imidazole rings is 1. The minimum Gasteiger partial charge on any atom is -0.354 e. The van der Waals surface area contributed by atoms with Crippen molar-refractivity contribution >= 4 is 17.0 Å². The van der Waals surface area contributed by atoms with Gasteiger partial charge in [-0.3, -0.25) is 4.57 Å². The molecule has 5 nitrogen and oxygen atoms in total. The number of hydrogen-bond acceptors (Lipinski definition) is 4. The van der Waals surface area contributed by atoms with E-state index in [2.05, 4.69) is 59.7 Å². The second kappa shape index (κ2) is 8.40. The summed E-state index contributed by atoms with van der Waals surface area (Å²) in [5.41, 5.74) is 6.41. The van der Waals surface area contributed by atoms with Crippen molar-refractivity contribution in [1.29, 1.82) is 0 Å². The lowest BCUT2D eigenvalue weighted by Gasteiger charge is -2.12. The average molecular weight is 406 g/mol. The first-order chi connectivity index (χ1) is 15.3. The summed E-state index contributed by atoms with van der Waals surface area (Å²) in [4.78, 5) is 14.2. The molecular formula is C26H23N5. The average Bonchev–Trinajstić information content (AvgIpc) is 3.24. The number of aryl methyl sites for hydroxylation is 1. The Morgan fingerprint density at radius 2 is 1.61 bits per heavy atom. The number of aromatic nitrogens is 4. The summed E-state index contributed by atoms with van der Waals surface area (Å²) in [5.74, 6) is 1.41. The molecule has 0 aliphatic rings. The van der Waals surface area contributed by atoms with E-state index in [1.54, 1.807) is 0 Å². The molecule has 3 aromatic carbocycles. The zero-order valence-electron chi connectivity index (χ0n) is 17.4. The van der Waals surface area contributed by atoms with Crippen LogP contribution in [-0.2, 0) is 6.42 Å². The Morgan fingerprint density at radius 3 is 2.48 bits per heavy atom. The van der Waals surface area contributed by atoms with E-state index < -0.39 is 0 Å². The van der Waals surface area contributed by atoms with Crippen LogP contribution in [0.5, 0.6) is 0 Å². The SMILES string of the molecule is Cc1ccccc1-c1cc(-n2cnc3ccccc32)nc(NCCc2ccccc2)n1.